The number of sulfonamides is 1. The summed E-state index contributed by atoms with van der Waals surface area (Å²) in [6.07, 6.45) is 1.06. The highest BCUT2D eigenvalue weighted by molar-refractivity contribution is 7.92. The Morgan fingerprint density at radius 1 is 1.20 bits per heavy atom. The van der Waals surface area contributed by atoms with Gasteiger partial charge in [0.05, 0.1) is 18.0 Å². The Morgan fingerprint density at radius 2 is 1.84 bits per heavy atom. The van der Waals surface area contributed by atoms with E-state index in [1.165, 1.54) is 0 Å². The van der Waals surface area contributed by atoms with Crippen molar-refractivity contribution in [3.63, 3.8) is 0 Å². The van der Waals surface area contributed by atoms with Crippen molar-refractivity contribution in [2.45, 2.75) is 19.9 Å². The standard InChI is InChI=1S/C18H21ClN2O3S/c1-13-9-10-16(11-17(13)19)21(25(3,23)24)12-18(22)20-14(2)15-7-5-4-6-8-15/h4-11,14H,12H2,1-3H3,(H,20,22). The molecule has 134 valence electrons. The molecule has 5 nitrogen and oxygen atoms in total. The third-order valence-corrected chi connectivity index (χ3v) is 5.36. The number of hydrogen-bond donors (Lipinski definition) is 1. The molecule has 7 heteroatoms. The second-order valence-corrected chi connectivity index (χ2v) is 8.22. The maximum absolute atomic E-state index is 12.4. The Bertz CT molecular complexity index is 854. The fourth-order valence-corrected chi connectivity index (χ4v) is 3.40. The second kappa shape index (κ2) is 7.89. The summed E-state index contributed by atoms with van der Waals surface area (Å²) in [5.41, 5.74) is 2.14. The first-order valence-corrected chi connectivity index (χ1v) is 9.99. The number of anilines is 1. The lowest BCUT2D eigenvalue weighted by atomic mass is 10.1. The van der Waals surface area contributed by atoms with Crippen LogP contribution < -0.4 is 9.62 Å². The highest BCUT2D eigenvalue weighted by atomic mass is 35.5. The Morgan fingerprint density at radius 3 is 2.40 bits per heavy atom. The summed E-state index contributed by atoms with van der Waals surface area (Å²) in [5, 5.41) is 3.26. The molecule has 0 fully saturated rings. The highest BCUT2D eigenvalue weighted by Crippen LogP contribution is 2.24. The molecule has 0 bridgehead atoms. The lowest BCUT2D eigenvalue weighted by Crippen LogP contribution is -2.41. The predicted molar refractivity (Wildman–Crippen MR) is 101 cm³/mol. The topological polar surface area (TPSA) is 66.5 Å². The molecule has 0 saturated carbocycles. The third-order valence-electron chi connectivity index (χ3n) is 3.81. The van der Waals surface area contributed by atoms with Crippen molar-refractivity contribution in [3.05, 3.63) is 64.7 Å². The van der Waals surface area contributed by atoms with Crippen molar-refractivity contribution in [3.8, 4) is 0 Å². The molecule has 0 aliphatic heterocycles. The van der Waals surface area contributed by atoms with Gasteiger partial charge in [-0.15, -0.1) is 0 Å². The molecule has 2 aromatic carbocycles. The van der Waals surface area contributed by atoms with Crippen molar-refractivity contribution in [2.75, 3.05) is 17.1 Å². The molecular weight excluding hydrogens is 360 g/mol. The summed E-state index contributed by atoms with van der Waals surface area (Å²) >= 11 is 6.09. The van der Waals surface area contributed by atoms with E-state index < -0.39 is 15.9 Å². The van der Waals surface area contributed by atoms with E-state index in [9.17, 15) is 13.2 Å². The molecule has 0 radical (unpaired) electrons. The lowest BCUT2D eigenvalue weighted by Gasteiger charge is -2.23. The molecule has 0 saturated heterocycles. The van der Waals surface area contributed by atoms with Gasteiger partial charge in [0, 0.05) is 5.02 Å². The predicted octanol–water partition coefficient (Wildman–Crippen LogP) is 3.29. The van der Waals surface area contributed by atoms with E-state index in [-0.39, 0.29) is 12.6 Å². The van der Waals surface area contributed by atoms with E-state index >= 15 is 0 Å². The summed E-state index contributed by atoms with van der Waals surface area (Å²) in [7, 11) is -3.63. The van der Waals surface area contributed by atoms with E-state index in [2.05, 4.69) is 5.32 Å². The van der Waals surface area contributed by atoms with Crippen LogP contribution in [0.2, 0.25) is 5.02 Å². The van der Waals surface area contributed by atoms with Crippen molar-refractivity contribution in [1.82, 2.24) is 5.32 Å². The van der Waals surface area contributed by atoms with Crippen molar-refractivity contribution in [1.29, 1.82) is 0 Å². The molecular formula is C18H21ClN2O3S. The van der Waals surface area contributed by atoms with Gasteiger partial charge in [-0.1, -0.05) is 48.0 Å². The molecule has 1 amide bonds. The van der Waals surface area contributed by atoms with Gasteiger partial charge in [0.15, 0.2) is 0 Å². The first kappa shape index (κ1) is 19.3. The Balaban J connectivity index is 2.17. The Kier molecular flexibility index (Phi) is 6.08. The average Bonchev–Trinajstić information content (AvgIpc) is 2.55. The van der Waals surface area contributed by atoms with Crippen LogP contribution in [0.1, 0.15) is 24.1 Å². The van der Waals surface area contributed by atoms with Crippen LogP contribution in [0.3, 0.4) is 0 Å². The van der Waals surface area contributed by atoms with Crippen LogP contribution in [0, 0.1) is 6.92 Å². The molecule has 0 aromatic heterocycles. The molecule has 0 heterocycles. The second-order valence-electron chi connectivity index (χ2n) is 5.90. The molecule has 0 spiro atoms. The molecule has 2 aromatic rings. The monoisotopic (exact) mass is 380 g/mol. The molecule has 2 rings (SSSR count). The molecule has 1 unspecified atom stereocenters. The number of nitrogens with zero attached hydrogens (tertiary/aromatic N) is 1. The summed E-state index contributed by atoms with van der Waals surface area (Å²) in [4.78, 5) is 12.4. The minimum atomic E-state index is -3.63. The van der Waals surface area contributed by atoms with E-state index in [0.717, 1.165) is 21.7 Å². The van der Waals surface area contributed by atoms with Gasteiger partial charge in [0.2, 0.25) is 15.9 Å². The number of nitrogens with one attached hydrogen (secondary N) is 1. The maximum Gasteiger partial charge on any atom is 0.241 e. The van der Waals surface area contributed by atoms with Crippen LogP contribution in [0.25, 0.3) is 0 Å². The SMILES string of the molecule is Cc1ccc(N(CC(=O)NC(C)c2ccccc2)S(C)(=O)=O)cc1Cl. The Labute approximate surface area is 153 Å². The fourth-order valence-electron chi connectivity index (χ4n) is 2.38. The first-order valence-electron chi connectivity index (χ1n) is 7.76. The minimum absolute atomic E-state index is 0.225. The lowest BCUT2D eigenvalue weighted by molar-refractivity contribution is -0.120. The van der Waals surface area contributed by atoms with E-state index in [4.69, 9.17) is 11.6 Å². The number of benzene rings is 2. The van der Waals surface area contributed by atoms with Crippen LogP contribution in [-0.4, -0.2) is 27.1 Å². The van der Waals surface area contributed by atoms with Crippen LogP contribution in [0.15, 0.2) is 48.5 Å². The van der Waals surface area contributed by atoms with E-state index in [1.807, 2.05) is 44.2 Å². The van der Waals surface area contributed by atoms with Crippen LogP contribution >= 0.6 is 11.6 Å². The summed E-state index contributed by atoms with van der Waals surface area (Å²) in [6, 6.07) is 14.1. The van der Waals surface area contributed by atoms with Gasteiger partial charge >= 0.3 is 0 Å². The first-order chi connectivity index (χ1) is 11.7. The van der Waals surface area contributed by atoms with Crippen LogP contribution in [-0.2, 0) is 14.8 Å². The molecule has 0 aliphatic carbocycles. The zero-order valence-corrected chi connectivity index (χ0v) is 15.9. The number of halogens is 1. The zero-order chi connectivity index (χ0) is 18.6. The number of aryl methyl sites for hydroxylation is 1. The minimum Gasteiger partial charge on any atom is -0.348 e. The van der Waals surface area contributed by atoms with Gasteiger partial charge < -0.3 is 5.32 Å². The third kappa shape index (κ3) is 5.21. The van der Waals surface area contributed by atoms with Gasteiger partial charge in [-0.25, -0.2) is 8.42 Å². The summed E-state index contributed by atoms with van der Waals surface area (Å²) < 4.78 is 25.3. The smallest absolute Gasteiger partial charge is 0.241 e. The van der Waals surface area contributed by atoms with Crippen LogP contribution in [0.5, 0.6) is 0 Å². The van der Waals surface area contributed by atoms with E-state index in [0.29, 0.717) is 10.7 Å². The fraction of sp³-hybridized carbons (Fsp3) is 0.278. The highest BCUT2D eigenvalue weighted by Gasteiger charge is 2.22. The summed E-state index contributed by atoms with van der Waals surface area (Å²) in [6.45, 7) is 3.36. The normalized spacial score (nSPS) is 12.5. The maximum atomic E-state index is 12.4. The van der Waals surface area contributed by atoms with E-state index in [1.54, 1.807) is 18.2 Å². The molecule has 0 aliphatic rings. The van der Waals surface area contributed by atoms with Crippen molar-refractivity contribution >= 4 is 33.2 Å². The van der Waals surface area contributed by atoms with Gasteiger partial charge in [0.1, 0.15) is 6.54 Å². The molecule has 1 atom stereocenters. The summed E-state index contributed by atoms with van der Waals surface area (Å²) in [5.74, 6) is -0.390. The number of carbonyl (C=O) groups excluding carboxylic acids is 1. The zero-order valence-electron chi connectivity index (χ0n) is 14.4. The Hall–Kier alpha value is -2.05. The van der Waals surface area contributed by atoms with Gasteiger partial charge in [0.25, 0.3) is 0 Å². The van der Waals surface area contributed by atoms with Crippen molar-refractivity contribution < 1.29 is 13.2 Å². The quantitative estimate of drug-likeness (QED) is 0.836. The van der Waals surface area contributed by atoms with Gasteiger partial charge in [-0.05, 0) is 37.1 Å². The van der Waals surface area contributed by atoms with Gasteiger partial charge in [-0.3, -0.25) is 9.10 Å². The number of hydrogen-bond acceptors (Lipinski definition) is 3. The number of amides is 1. The number of carbonyl (C=O) groups is 1. The number of rotatable bonds is 6. The van der Waals surface area contributed by atoms with Crippen LogP contribution in [0.4, 0.5) is 5.69 Å². The van der Waals surface area contributed by atoms with Gasteiger partial charge in [-0.2, -0.15) is 0 Å². The largest absolute Gasteiger partial charge is 0.348 e. The molecule has 25 heavy (non-hydrogen) atoms. The van der Waals surface area contributed by atoms with Crippen molar-refractivity contribution in [2.24, 2.45) is 0 Å². The average molecular weight is 381 g/mol. The molecule has 1 N–H and O–H groups in total.